The molecule has 98 valence electrons. The van der Waals surface area contributed by atoms with Crippen molar-refractivity contribution in [3.05, 3.63) is 43.6 Å². The second-order valence-corrected chi connectivity index (χ2v) is 5.09. The standard InChI is InChI=1S/C10H6Br2N4O3/c11-6-1-5(16(17)18)2-7(12)10(6)19-9-4-14-8(13)3-15-9/h1-4H,(H2,13,14). The van der Waals surface area contributed by atoms with Crippen molar-refractivity contribution >= 4 is 43.4 Å². The van der Waals surface area contributed by atoms with Crippen LogP contribution in [0.5, 0.6) is 11.6 Å². The molecule has 0 aliphatic heterocycles. The van der Waals surface area contributed by atoms with Gasteiger partial charge in [0.1, 0.15) is 5.82 Å². The number of ether oxygens (including phenoxy) is 1. The summed E-state index contributed by atoms with van der Waals surface area (Å²) in [6.45, 7) is 0. The predicted octanol–water partition coefficient (Wildman–Crippen LogP) is 3.28. The van der Waals surface area contributed by atoms with Gasteiger partial charge in [0, 0.05) is 12.1 Å². The Morgan fingerprint density at radius 2 is 1.84 bits per heavy atom. The third kappa shape index (κ3) is 3.18. The number of hydrogen-bond acceptors (Lipinski definition) is 6. The second-order valence-electron chi connectivity index (χ2n) is 3.38. The van der Waals surface area contributed by atoms with E-state index in [-0.39, 0.29) is 17.4 Å². The van der Waals surface area contributed by atoms with Crippen LogP contribution >= 0.6 is 31.9 Å². The van der Waals surface area contributed by atoms with Gasteiger partial charge in [0.2, 0.25) is 5.88 Å². The number of hydrogen-bond donors (Lipinski definition) is 1. The monoisotopic (exact) mass is 388 g/mol. The second kappa shape index (κ2) is 5.49. The Morgan fingerprint density at radius 3 is 2.32 bits per heavy atom. The summed E-state index contributed by atoms with van der Waals surface area (Å²) in [7, 11) is 0. The molecule has 2 N–H and O–H groups in total. The Bertz CT molecular complexity index is 610. The maximum Gasteiger partial charge on any atom is 0.271 e. The van der Waals surface area contributed by atoms with Crippen molar-refractivity contribution in [1.29, 1.82) is 0 Å². The first-order valence-corrected chi connectivity index (χ1v) is 6.45. The molecule has 0 aliphatic carbocycles. The van der Waals surface area contributed by atoms with E-state index in [9.17, 15) is 10.1 Å². The van der Waals surface area contributed by atoms with Gasteiger partial charge in [0.25, 0.3) is 5.69 Å². The van der Waals surface area contributed by atoms with Crippen molar-refractivity contribution < 1.29 is 9.66 Å². The Balaban J connectivity index is 2.35. The lowest BCUT2D eigenvalue weighted by atomic mass is 10.3. The predicted molar refractivity (Wildman–Crippen MR) is 75.0 cm³/mol. The number of halogens is 2. The van der Waals surface area contributed by atoms with Crippen LogP contribution in [0.25, 0.3) is 0 Å². The topological polar surface area (TPSA) is 104 Å². The number of non-ortho nitro benzene ring substituents is 1. The summed E-state index contributed by atoms with van der Waals surface area (Å²) < 4.78 is 6.33. The normalized spacial score (nSPS) is 10.2. The molecule has 0 saturated heterocycles. The van der Waals surface area contributed by atoms with Crippen LogP contribution in [0, 0.1) is 10.1 Å². The first-order chi connectivity index (χ1) is 8.97. The van der Waals surface area contributed by atoms with Gasteiger partial charge in [-0.1, -0.05) is 0 Å². The molecule has 0 unspecified atom stereocenters. The average Bonchev–Trinajstić information content (AvgIpc) is 2.35. The highest BCUT2D eigenvalue weighted by Gasteiger charge is 2.16. The molecule has 0 atom stereocenters. The van der Waals surface area contributed by atoms with Crippen LogP contribution in [0.2, 0.25) is 0 Å². The Kier molecular flexibility index (Phi) is 3.96. The molecule has 2 rings (SSSR count). The lowest BCUT2D eigenvalue weighted by molar-refractivity contribution is -0.385. The Hall–Kier alpha value is -1.74. The number of nitrogens with two attached hydrogens (primary N) is 1. The van der Waals surface area contributed by atoms with Crippen molar-refractivity contribution in [3.63, 3.8) is 0 Å². The van der Waals surface area contributed by atoms with Crippen LogP contribution in [0.4, 0.5) is 11.5 Å². The summed E-state index contributed by atoms with van der Waals surface area (Å²) in [4.78, 5) is 18.0. The number of rotatable bonds is 3. The molecule has 0 amide bonds. The van der Waals surface area contributed by atoms with Gasteiger partial charge in [0.15, 0.2) is 5.75 Å². The van der Waals surface area contributed by atoms with Crippen LogP contribution in [0.15, 0.2) is 33.5 Å². The molecule has 0 fully saturated rings. The van der Waals surface area contributed by atoms with Gasteiger partial charge in [-0.05, 0) is 31.9 Å². The van der Waals surface area contributed by atoms with E-state index in [1.54, 1.807) is 0 Å². The summed E-state index contributed by atoms with van der Waals surface area (Å²) in [6.07, 6.45) is 2.71. The van der Waals surface area contributed by atoms with E-state index >= 15 is 0 Å². The smallest absolute Gasteiger partial charge is 0.271 e. The lowest BCUT2D eigenvalue weighted by Gasteiger charge is -2.08. The molecule has 0 bridgehead atoms. The van der Waals surface area contributed by atoms with Crippen molar-refractivity contribution in [1.82, 2.24) is 9.97 Å². The maximum absolute atomic E-state index is 10.7. The minimum Gasteiger partial charge on any atom is -0.435 e. The molecule has 1 aromatic carbocycles. The molecular weight excluding hydrogens is 384 g/mol. The fourth-order valence-corrected chi connectivity index (χ4v) is 2.56. The zero-order chi connectivity index (χ0) is 14.0. The molecule has 2 aromatic rings. The van der Waals surface area contributed by atoms with Crippen molar-refractivity contribution in [2.75, 3.05) is 5.73 Å². The number of nitro groups is 1. The summed E-state index contributed by atoms with van der Waals surface area (Å²) in [5.41, 5.74) is 5.35. The van der Waals surface area contributed by atoms with E-state index in [4.69, 9.17) is 10.5 Å². The van der Waals surface area contributed by atoms with Gasteiger partial charge in [0.05, 0.1) is 26.3 Å². The molecular formula is C10H6Br2N4O3. The third-order valence-corrected chi connectivity index (χ3v) is 3.23. The van der Waals surface area contributed by atoms with Gasteiger partial charge in [-0.25, -0.2) is 9.97 Å². The fourth-order valence-electron chi connectivity index (χ4n) is 1.23. The Labute approximate surface area is 124 Å². The number of nitrogens with zero attached hydrogens (tertiary/aromatic N) is 3. The van der Waals surface area contributed by atoms with Crippen molar-refractivity contribution in [2.45, 2.75) is 0 Å². The zero-order valence-electron chi connectivity index (χ0n) is 9.21. The van der Waals surface area contributed by atoms with Crippen molar-refractivity contribution in [3.8, 4) is 11.6 Å². The van der Waals surface area contributed by atoms with Crippen LogP contribution in [0.1, 0.15) is 0 Å². The molecule has 9 heteroatoms. The molecule has 1 heterocycles. The van der Waals surface area contributed by atoms with E-state index in [0.717, 1.165) is 0 Å². The summed E-state index contributed by atoms with van der Waals surface area (Å²) in [6, 6.07) is 2.68. The van der Waals surface area contributed by atoms with Gasteiger partial charge in [-0.15, -0.1) is 0 Å². The Morgan fingerprint density at radius 1 is 1.21 bits per heavy atom. The fraction of sp³-hybridized carbons (Fsp3) is 0. The first-order valence-electron chi connectivity index (χ1n) is 4.86. The molecule has 7 nitrogen and oxygen atoms in total. The highest BCUT2D eigenvalue weighted by atomic mass is 79.9. The zero-order valence-corrected chi connectivity index (χ0v) is 12.4. The largest absolute Gasteiger partial charge is 0.435 e. The van der Waals surface area contributed by atoms with Gasteiger partial charge < -0.3 is 10.5 Å². The van der Waals surface area contributed by atoms with E-state index in [1.165, 1.54) is 24.5 Å². The SMILES string of the molecule is Nc1cnc(Oc2c(Br)cc([N+](=O)[O-])cc2Br)cn1. The minimum absolute atomic E-state index is 0.0607. The quantitative estimate of drug-likeness (QED) is 0.637. The number of nitrogen functional groups attached to an aromatic ring is 1. The molecule has 0 spiro atoms. The van der Waals surface area contributed by atoms with Gasteiger partial charge in [-0.3, -0.25) is 10.1 Å². The van der Waals surface area contributed by atoms with E-state index in [0.29, 0.717) is 14.7 Å². The average molecular weight is 390 g/mol. The maximum atomic E-state index is 10.7. The van der Waals surface area contributed by atoms with Crippen LogP contribution in [0.3, 0.4) is 0 Å². The highest BCUT2D eigenvalue weighted by molar-refractivity contribution is 9.11. The summed E-state index contributed by atoms with van der Waals surface area (Å²) in [5, 5.41) is 10.7. The summed E-state index contributed by atoms with van der Waals surface area (Å²) in [5.74, 6) is 0.864. The van der Waals surface area contributed by atoms with Gasteiger partial charge in [-0.2, -0.15) is 0 Å². The number of nitro benzene ring substituents is 1. The molecule has 0 radical (unpaired) electrons. The number of anilines is 1. The molecule has 0 aliphatic rings. The number of aromatic nitrogens is 2. The lowest BCUT2D eigenvalue weighted by Crippen LogP contribution is -1.95. The third-order valence-electron chi connectivity index (χ3n) is 2.05. The van der Waals surface area contributed by atoms with E-state index in [1.807, 2.05) is 0 Å². The van der Waals surface area contributed by atoms with Gasteiger partial charge >= 0.3 is 0 Å². The van der Waals surface area contributed by atoms with E-state index < -0.39 is 4.92 Å². The first kappa shape index (κ1) is 13.7. The molecule has 0 saturated carbocycles. The number of benzene rings is 1. The van der Waals surface area contributed by atoms with E-state index in [2.05, 4.69) is 41.8 Å². The van der Waals surface area contributed by atoms with Crippen LogP contribution in [-0.2, 0) is 0 Å². The molecule has 19 heavy (non-hydrogen) atoms. The minimum atomic E-state index is -0.498. The van der Waals surface area contributed by atoms with Crippen molar-refractivity contribution in [2.24, 2.45) is 0 Å². The molecule has 1 aromatic heterocycles. The summed E-state index contributed by atoms with van der Waals surface area (Å²) >= 11 is 6.41. The van der Waals surface area contributed by atoms with Crippen LogP contribution in [-0.4, -0.2) is 14.9 Å². The highest BCUT2D eigenvalue weighted by Crippen LogP contribution is 2.39. The van der Waals surface area contributed by atoms with Crippen LogP contribution < -0.4 is 10.5 Å².